The second-order valence-electron chi connectivity index (χ2n) is 4.17. The summed E-state index contributed by atoms with van der Waals surface area (Å²) in [5, 5.41) is 18.2. The van der Waals surface area contributed by atoms with Crippen LogP contribution in [-0.2, 0) is 6.61 Å². The third kappa shape index (κ3) is 3.12. The highest BCUT2D eigenvalue weighted by Crippen LogP contribution is 2.17. The zero-order valence-corrected chi connectivity index (χ0v) is 10.2. The summed E-state index contributed by atoms with van der Waals surface area (Å²) in [6.45, 7) is 2.39. The van der Waals surface area contributed by atoms with E-state index in [9.17, 15) is 0 Å². The van der Waals surface area contributed by atoms with Crippen LogP contribution in [0.5, 0.6) is 5.75 Å². The smallest absolute Gasteiger partial charge is 0.488 e. The molecular weight excluding hydrogens is 227 g/mol. The van der Waals surface area contributed by atoms with Crippen LogP contribution in [0.3, 0.4) is 0 Å². The number of rotatable bonds is 4. The van der Waals surface area contributed by atoms with E-state index in [0.717, 1.165) is 11.1 Å². The first-order valence-electron chi connectivity index (χ1n) is 5.80. The first-order valence-corrected chi connectivity index (χ1v) is 5.80. The highest BCUT2D eigenvalue weighted by atomic mass is 16.5. The summed E-state index contributed by atoms with van der Waals surface area (Å²) in [5.74, 6) is 0.671. The van der Waals surface area contributed by atoms with Crippen LogP contribution in [0.1, 0.15) is 11.1 Å². The van der Waals surface area contributed by atoms with Gasteiger partial charge in [-0.1, -0.05) is 42.5 Å². The van der Waals surface area contributed by atoms with Crippen LogP contribution >= 0.6 is 0 Å². The normalized spacial score (nSPS) is 10.2. The summed E-state index contributed by atoms with van der Waals surface area (Å²) in [7, 11) is -1.47. The van der Waals surface area contributed by atoms with Crippen LogP contribution in [0.25, 0.3) is 0 Å². The van der Waals surface area contributed by atoms with Gasteiger partial charge >= 0.3 is 7.12 Å². The molecule has 0 aromatic heterocycles. The summed E-state index contributed by atoms with van der Waals surface area (Å²) in [4.78, 5) is 0. The monoisotopic (exact) mass is 242 g/mol. The maximum absolute atomic E-state index is 9.12. The Morgan fingerprint density at radius 1 is 1.06 bits per heavy atom. The number of hydrogen-bond acceptors (Lipinski definition) is 3. The van der Waals surface area contributed by atoms with Crippen LogP contribution in [0.15, 0.2) is 48.5 Å². The van der Waals surface area contributed by atoms with Crippen molar-refractivity contribution in [2.45, 2.75) is 13.5 Å². The molecule has 2 rings (SSSR count). The van der Waals surface area contributed by atoms with Crippen molar-refractivity contribution in [3.63, 3.8) is 0 Å². The Morgan fingerprint density at radius 2 is 1.78 bits per heavy atom. The average molecular weight is 242 g/mol. The molecule has 0 spiro atoms. The van der Waals surface area contributed by atoms with Gasteiger partial charge in [-0.2, -0.15) is 0 Å². The number of hydrogen-bond donors (Lipinski definition) is 2. The van der Waals surface area contributed by atoms with E-state index in [1.165, 1.54) is 0 Å². The predicted octanol–water partition coefficient (Wildman–Crippen LogP) is 1.25. The topological polar surface area (TPSA) is 49.7 Å². The Morgan fingerprint density at radius 3 is 2.44 bits per heavy atom. The van der Waals surface area contributed by atoms with Gasteiger partial charge in [-0.15, -0.1) is 0 Å². The number of ether oxygens (including phenoxy) is 1. The molecule has 0 saturated heterocycles. The summed E-state index contributed by atoms with van der Waals surface area (Å²) in [6.07, 6.45) is 0. The van der Waals surface area contributed by atoms with E-state index in [1.807, 2.05) is 43.3 Å². The fraction of sp³-hybridized carbons (Fsp3) is 0.143. The summed E-state index contributed by atoms with van der Waals surface area (Å²) in [6, 6.07) is 15.0. The first-order chi connectivity index (χ1) is 8.66. The van der Waals surface area contributed by atoms with Crippen molar-refractivity contribution in [1.29, 1.82) is 0 Å². The van der Waals surface area contributed by atoms with Gasteiger partial charge in [0.1, 0.15) is 12.4 Å². The van der Waals surface area contributed by atoms with Crippen molar-refractivity contribution in [1.82, 2.24) is 0 Å². The molecule has 2 aromatic carbocycles. The maximum atomic E-state index is 9.12. The van der Waals surface area contributed by atoms with Gasteiger partial charge in [-0.05, 0) is 29.6 Å². The molecule has 0 fully saturated rings. The molecule has 0 aliphatic heterocycles. The van der Waals surface area contributed by atoms with Crippen LogP contribution in [0.4, 0.5) is 0 Å². The number of aryl methyl sites for hydroxylation is 1. The minimum absolute atomic E-state index is 0.434. The van der Waals surface area contributed by atoms with Gasteiger partial charge in [-0.3, -0.25) is 0 Å². The van der Waals surface area contributed by atoms with Gasteiger partial charge in [0.05, 0.1) is 0 Å². The van der Waals surface area contributed by atoms with E-state index in [-0.39, 0.29) is 0 Å². The molecule has 0 bridgehead atoms. The molecule has 0 aliphatic rings. The minimum Gasteiger partial charge on any atom is -0.489 e. The van der Waals surface area contributed by atoms with Gasteiger partial charge in [0.2, 0.25) is 0 Å². The van der Waals surface area contributed by atoms with Crippen LogP contribution in [-0.4, -0.2) is 17.2 Å². The molecule has 2 aromatic rings. The molecule has 3 nitrogen and oxygen atoms in total. The van der Waals surface area contributed by atoms with E-state index in [1.54, 1.807) is 12.1 Å². The maximum Gasteiger partial charge on any atom is 0.488 e. The Balaban J connectivity index is 2.11. The van der Waals surface area contributed by atoms with Crippen LogP contribution in [0, 0.1) is 6.92 Å². The second kappa shape index (κ2) is 5.71. The summed E-state index contributed by atoms with van der Waals surface area (Å²) >= 11 is 0. The molecule has 92 valence electrons. The highest BCUT2D eigenvalue weighted by molar-refractivity contribution is 6.58. The van der Waals surface area contributed by atoms with Gasteiger partial charge in [0.15, 0.2) is 0 Å². The number of benzene rings is 2. The molecule has 0 amide bonds. The second-order valence-corrected chi connectivity index (χ2v) is 4.17. The fourth-order valence-electron chi connectivity index (χ4n) is 1.67. The molecule has 0 aliphatic carbocycles. The van der Waals surface area contributed by atoms with E-state index < -0.39 is 7.12 Å². The van der Waals surface area contributed by atoms with Crippen molar-refractivity contribution in [2.24, 2.45) is 0 Å². The van der Waals surface area contributed by atoms with E-state index in [4.69, 9.17) is 14.8 Å². The minimum atomic E-state index is -1.47. The van der Waals surface area contributed by atoms with Crippen molar-refractivity contribution < 1.29 is 14.8 Å². The summed E-state index contributed by atoms with van der Waals surface area (Å²) in [5.41, 5.74) is 2.48. The van der Waals surface area contributed by atoms with Crippen molar-refractivity contribution in [2.75, 3.05) is 0 Å². The Bertz CT molecular complexity index is 512. The Labute approximate surface area is 107 Å². The summed E-state index contributed by atoms with van der Waals surface area (Å²) < 4.78 is 5.69. The first kappa shape index (κ1) is 12.7. The molecule has 0 atom stereocenters. The lowest BCUT2D eigenvalue weighted by atomic mass is 9.80. The molecule has 0 radical (unpaired) electrons. The molecular formula is C14H15BO3. The third-order valence-electron chi connectivity index (χ3n) is 2.75. The lowest BCUT2D eigenvalue weighted by molar-refractivity contribution is 0.304. The van der Waals surface area contributed by atoms with Crippen molar-refractivity contribution in [3.05, 3.63) is 59.7 Å². The quantitative estimate of drug-likeness (QED) is 0.793. The zero-order chi connectivity index (χ0) is 13.0. The van der Waals surface area contributed by atoms with E-state index in [2.05, 4.69) is 0 Å². The largest absolute Gasteiger partial charge is 0.489 e. The molecule has 18 heavy (non-hydrogen) atoms. The predicted molar refractivity (Wildman–Crippen MR) is 71.8 cm³/mol. The van der Waals surface area contributed by atoms with Gasteiger partial charge in [0.25, 0.3) is 0 Å². The van der Waals surface area contributed by atoms with Gasteiger partial charge in [-0.25, -0.2) is 0 Å². The van der Waals surface area contributed by atoms with E-state index in [0.29, 0.717) is 17.8 Å². The Kier molecular flexibility index (Phi) is 4.02. The van der Waals surface area contributed by atoms with Crippen molar-refractivity contribution >= 4 is 12.6 Å². The van der Waals surface area contributed by atoms with E-state index >= 15 is 0 Å². The molecule has 4 heteroatoms. The average Bonchev–Trinajstić information content (AvgIpc) is 2.38. The highest BCUT2D eigenvalue weighted by Gasteiger charge is 2.12. The van der Waals surface area contributed by atoms with Gasteiger partial charge in [0, 0.05) is 0 Å². The molecule has 0 unspecified atom stereocenters. The lowest BCUT2D eigenvalue weighted by Gasteiger charge is -2.11. The van der Waals surface area contributed by atoms with Gasteiger partial charge < -0.3 is 14.8 Å². The third-order valence-corrected chi connectivity index (χ3v) is 2.75. The fourth-order valence-corrected chi connectivity index (χ4v) is 1.67. The standard InChI is InChI=1S/C14H15BO3/c1-11-7-8-13(15(16)17)9-14(11)18-10-12-5-3-2-4-6-12/h2-9,16-17H,10H2,1H3. The lowest BCUT2D eigenvalue weighted by Crippen LogP contribution is -2.29. The molecule has 2 N–H and O–H groups in total. The zero-order valence-electron chi connectivity index (χ0n) is 10.2. The van der Waals surface area contributed by atoms with Crippen LogP contribution < -0.4 is 10.2 Å². The van der Waals surface area contributed by atoms with Crippen LogP contribution in [0.2, 0.25) is 0 Å². The van der Waals surface area contributed by atoms with Crippen molar-refractivity contribution in [3.8, 4) is 5.75 Å². The SMILES string of the molecule is Cc1ccc(B(O)O)cc1OCc1ccccc1. The molecule has 0 saturated carbocycles. The molecule has 0 heterocycles. The Hall–Kier alpha value is -1.78.